The number of hydrogen-bond acceptors (Lipinski definition) is 6. The normalized spacial score (nSPS) is 13.9. The first-order valence-electron chi connectivity index (χ1n) is 9.38. The molecule has 0 atom stereocenters. The molecule has 0 aliphatic carbocycles. The zero-order valence-corrected chi connectivity index (χ0v) is 16.3. The van der Waals surface area contributed by atoms with Crippen LogP contribution in [0.25, 0.3) is 5.57 Å². The molecule has 0 bridgehead atoms. The Labute approximate surface area is 172 Å². The molecule has 30 heavy (non-hydrogen) atoms. The van der Waals surface area contributed by atoms with Crippen LogP contribution >= 0.6 is 0 Å². The van der Waals surface area contributed by atoms with Gasteiger partial charge in [-0.15, -0.1) is 0 Å². The van der Waals surface area contributed by atoms with E-state index in [9.17, 15) is 24.1 Å². The maximum Gasteiger partial charge on any atom is 0.278 e. The van der Waals surface area contributed by atoms with Gasteiger partial charge >= 0.3 is 0 Å². The topological polar surface area (TPSA) is 102 Å². The number of nitrogens with zero attached hydrogens (tertiary/aromatic N) is 2. The Balaban J connectivity index is 1.94. The average Bonchev–Trinajstić information content (AvgIpc) is 2.96. The number of carbonyl (C=O) groups excluding carboxylic acids is 2. The standard InChI is InChI=1S/C21H20FN3O5/c1-2-30-13-3-12-24-20(26)18(14-4-10-17(11-5-14)25(28)29)19(21(24)27)23-16-8-6-15(22)7-9-16/h4-11,23H,2-3,12-13H2,1H3. The fourth-order valence-corrected chi connectivity index (χ4v) is 3.06. The first-order chi connectivity index (χ1) is 14.4. The number of nitrogens with one attached hydrogen (secondary N) is 1. The number of carbonyl (C=O) groups is 2. The smallest absolute Gasteiger partial charge is 0.278 e. The fraction of sp³-hybridized carbons (Fsp3) is 0.238. The van der Waals surface area contributed by atoms with Gasteiger partial charge in [-0.3, -0.25) is 24.6 Å². The molecule has 0 fully saturated rings. The average molecular weight is 413 g/mol. The van der Waals surface area contributed by atoms with E-state index in [0.29, 0.717) is 30.9 Å². The number of imide groups is 1. The van der Waals surface area contributed by atoms with Crippen molar-refractivity contribution in [1.82, 2.24) is 4.90 Å². The summed E-state index contributed by atoms with van der Waals surface area (Å²) in [5.74, 6) is -1.46. The number of non-ortho nitro benzene ring substituents is 1. The van der Waals surface area contributed by atoms with E-state index in [0.717, 1.165) is 4.90 Å². The highest BCUT2D eigenvalue weighted by Crippen LogP contribution is 2.31. The number of anilines is 1. The second-order valence-electron chi connectivity index (χ2n) is 6.50. The third-order valence-electron chi connectivity index (χ3n) is 4.52. The van der Waals surface area contributed by atoms with E-state index in [1.54, 1.807) is 0 Å². The summed E-state index contributed by atoms with van der Waals surface area (Å²) in [4.78, 5) is 37.5. The summed E-state index contributed by atoms with van der Waals surface area (Å²) in [6.07, 6.45) is 0.475. The van der Waals surface area contributed by atoms with E-state index in [-0.39, 0.29) is 23.5 Å². The number of ether oxygens (including phenoxy) is 1. The van der Waals surface area contributed by atoms with Gasteiger partial charge in [-0.05, 0) is 55.3 Å². The lowest BCUT2D eigenvalue weighted by atomic mass is 10.0. The molecule has 0 saturated heterocycles. The van der Waals surface area contributed by atoms with Crippen LogP contribution in [0, 0.1) is 15.9 Å². The summed E-state index contributed by atoms with van der Waals surface area (Å²) in [5.41, 5.74) is 0.823. The second-order valence-corrected chi connectivity index (χ2v) is 6.50. The molecule has 156 valence electrons. The van der Waals surface area contributed by atoms with Gasteiger partial charge in [0.15, 0.2) is 0 Å². The van der Waals surface area contributed by atoms with Crippen molar-refractivity contribution in [2.75, 3.05) is 25.1 Å². The van der Waals surface area contributed by atoms with Gasteiger partial charge in [0.2, 0.25) is 0 Å². The predicted octanol–water partition coefficient (Wildman–Crippen LogP) is 3.35. The molecule has 2 aromatic rings. The maximum atomic E-state index is 13.2. The number of nitro groups is 1. The molecule has 1 heterocycles. The van der Waals surface area contributed by atoms with Gasteiger partial charge in [0.25, 0.3) is 17.5 Å². The minimum Gasteiger partial charge on any atom is -0.382 e. The van der Waals surface area contributed by atoms with Crippen LogP contribution in [0.1, 0.15) is 18.9 Å². The lowest BCUT2D eigenvalue weighted by Gasteiger charge is -2.15. The molecule has 1 aliphatic heterocycles. The van der Waals surface area contributed by atoms with Crippen molar-refractivity contribution in [3.8, 4) is 0 Å². The van der Waals surface area contributed by atoms with Gasteiger partial charge in [-0.1, -0.05) is 0 Å². The molecule has 3 rings (SSSR count). The number of benzene rings is 2. The van der Waals surface area contributed by atoms with Crippen molar-refractivity contribution >= 4 is 28.8 Å². The highest BCUT2D eigenvalue weighted by molar-refractivity contribution is 6.36. The molecule has 0 spiro atoms. The number of nitro benzene ring substituents is 1. The van der Waals surface area contributed by atoms with Crippen LogP contribution in [0.4, 0.5) is 15.8 Å². The molecule has 2 aromatic carbocycles. The summed E-state index contributed by atoms with van der Waals surface area (Å²) < 4.78 is 18.5. The van der Waals surface area contributed by atoms with Crippen molar-refractivity contribution in [2.45, 2.75) is 13.3 Å². The largest absolute Gasteiger partial charge is 0.382 e. The quantitative estimate of drug-likeness (QED) is 0.293. The van der Waals surface area contributed by atoms with E-state index < -0.39 is 22.6 Å². The van der Waals surface area contributed by atoms with Gasteiger partial charge < -0.3 is 10.1 Å². The van der Waals surface area contributed by atoms with E-state index >= 15 is 0 Å². The van der Waals surface area contributed by atoms with E-state index in [2.05, 4.69) is 5.32 Å². The summed E-state index contributed by atoms with van der Waals surface area (Å²) >= 11 is 0. The van der Waals surface area contributed by atoms with Crippen molar-refractivity contribution < 1.29 is 23.6 Å². The molecule has 1 N–H and O–H groups in total. The Bertz CT molecular complexity index is 987. The summed E-state index contributed by atoms with van der Waals surface area (Å²) in [6, 6.07) is 10.8. The molecule has 0 unspecified atom stereocenters. The Kier molecular flexibility index (Phi) is 6.53. The Morgan fingerprint density at radius 3 is 2.33 bits per heavy atom. The van der Waals surface area contributed by atoms with Crippen LogP contribution in [0.3, 0.4) is 0 Å². The van der Waals surface area contributed by atoms with Crippen LogP contribution in [-0.4, -0.2) is 41.4 Å². The first kappa shape index (κ1) is 21.1. The summed E-state index contributed by atoms with van der Waals surface area (Å²) in [6.45, 7) is 2.96. The summed E-state index contributed by atoms with van der Waals surface area (Å²) in [5, 5.41) is 13.8. The van der Waals surface area contributed by atoms with Gasteiger partial charge in [0.05, 0.1) is 10.5 Å². The monoisotopic (exact) mass is 413 g/mol. The highest BCUT2D eigenvalue weighted by Gasteiger charge is 2.39. The minimum atomic E-state index is -0.544. The van der Waals surface area contributed by atoms with E-state index in [1.165, 1.54) is 48.5 Å². The van der Waals surface area contributed by atoms with E-state index in [4.69, 9.17) is 4.74 Å². The number of halogens is 1. The van der Waals surface area contributed by atoms with Crippen molar-refractivity contribution in [3.05, 3.63) is 75.7 Å². The van der Waals surface area contributed by atoms with Crippen LogP contribution in [0.5, 0.6) is 0 Å². The number of rotatable bonds is 9. The zero-order chi connectivity index (χ0) is 21.7. The highest BCUT2D eigenvalue weighted by atomic mass is 19.1. The molecule has 9 heteroatoms. The zero-order valence-electron chi connectivity index (χ0n) is 16.3. The Morgan fingerprint density at radius 2 is 1.73 bits per heavy atom. The second kappa shape index (κ2) is 9.27. The lowest BCUT2D eigenvalue weighted by Crippen LogP contribution is -2.34. The third kappa shape index (κ3) is 4.52. The summed E-state index contributed by atoms with van der Waals surface area (Å²) in [7, 11) is 0. The number of amides is 2. The third-order valence-corrected chi connectivity index (χ3v) is 4.52. The van der Waals surface area contributed by atoms with Gasteiger partial charge in [-0.25, -0.2) is 4.39 Å². The van der Waals surface area contributed by atoms with Crippen LogP contribution < -0.4 is 5.32 Å². The van der Waals surface area contributed by atoms with Crippen LogP contribution in [0.2, 0.25) is 0 Å². The first-order valence-corrected chi connectivity index (χ1v) is 9.38. The Hall–Kier alpha value is -3.59. The molecule has 1 aliphatic rings. The van der Waals surface area contributed by atoms with E-state index in [1.807, 2.05) is 6.92 Å². The van der Waals surface area contributed by atoms with Crippen LogP contribution in [0.15, 0.2) is 54.2 Å². The molecule has 0 saturated carbocycles. The van der Waals surface area contributed by atoms with Gasteiger partial charge in [-0.2, -0.15) is 0 Å². The molecule has 8 nitrogen and oxygen atoms in total. The van der Waals surface area contributed by atoms with Crippen LogP contribution in [-0.2, 0) is 14.3 Å². The molecular weight excluding hydrogens is 393 g/mol. The lowest BCUT2D eigenvalue weighted by molar-refractivity contribution is -0.384. The molecule has 0 aromatic heterocycles. The SMILES string of the molecule is CCOCCCN1C(=O)C(Nc2ccc(F)cc2)=C(c2ccc([N+](=O)[O-])cc2)C1=O. The van der Waals surface area contributed by atoms with Gasteiger partial charge in [0.1, 0.15) is 11.5 Å². The van der Waals surface area contributed by atoms with Gasteiger partial charge in [0, 0.05) is 37.6 Å². The molecule has 2 amide bonds. The molecule has 0 radical (unpaired) electrons. The predicted molar refractivity (Wildman–Crippen MR) is 108 cm³/mol. The molecular formula is C21H20FN3O5. The fourth-order valence-electron chi connectivity index (χ4n) is 3.06. The van der Waals surface area contributed by atoms with Crippen molar-refractivity contribution in [3.63, 3.8) is 0 Å². The Morgan fingerprint density at radius 1 is 1.07 bits per heavy atom. The van der Waals surface area contributed by atoms with Crippen molar-refractivity contribution in [1.29, 1.82) is 0 Å². The van der Waals surface area contributed by atoms with Crippen molar-refractivity contribution in [2.24, 2.45) is 0 Å². The number of hydrogen-bond donors (Lipinski definition) is 1. The minimum absolute atomic E-state index is 0.0388. The maximum absolute atomic E-state index is 13.2.